The van der Waals surface area contributed by atoms with Crippen molar-refractivity contribution in [2.75, 3.05) is 11.9 Å². The Labute approximate surface area is 104 Å². The van der Waals surface area contributed by atoms with Crippen LogP contribution in [0.1, 0.15) is 6.92 Å². The summed E-state index contributed by atoms with van der Waals surface area (Å²) in [7, 11) is 0. The topological polar surface area (TPSA) is 95.7 Å². The minimum atomic E-state index is -0.391. The number of rotatable bonds is 4. The molecule has 1 aromatic carbocycles. The number of hydrogen-bond donors (Lipinski definition) is 2. The zero-order valence-electron chi connectivity index (χ0n) is 10.1. The van der Waals surface area contributed by atoms with Crippen molar-refractivity contribution in [2.24, 2.45) is 0 Å². The lowest BCUT2D eigenvalue weighted by Gasteiger charge is -2.09. The van der Waals surface area contributed by atoms with Gasteiger partial charge in [0.25, 0.3) is 5.69 Å². The highest BCUT2D eigenvalue weighted by molar-refractivity contribution is 5.96. The van der Waals surface area contributed by atoms with Crippen LogP contribution in [-0.2, 0) is 0 Å². The molecule has 0 amide bonds. The molecule has 6 heteroatoms. The van der Waals surface area contributed by atoms with Crippen LogP contribution >= 0.6 is 0 Å². The number of anilines is 1. The van der Waals surface area contributed by atoms with E-state index in [2.05, 4.69) is 16.0 Å². The number of benzene rings is 1. The molecule has 0 bridgehead atoms. The van der Waals surface area contributed by atoms with Gasteiger partial charge in [0, 0.05) is 12.3 Å². The lowest BCUT2D eigenvalue weighted by Crippen LogP contribution is -2.62. The van der Waals surface area contributed by atoms with Crippen molar-refractivity contribution in [2.45, 2.75) is 13.0 Å². The molecule has 0 aliphatic rings. The third-order valence-corrected chi connectivity index (χ3v) is 2.58. The molecule has 0 saturated carbocycles. The van der Waals surface area contributed by atoms with Gasteiger partial charge in [-0.3, -0.25) is 15.1 Å². The van der Waals surface area contributed by atoms with Crippen LogP contribution in [0.4, 0.5) is 11.4 Å². The van der Waals surface area contributed by atoms with Crippen molar-refractivity contribution >= 4 is 22.3 Å². The van der Waals surface area contributed by atoms with Gasteiger partial charge in [-0.15, -0.1) is 0 Å². The molecule has 0 spiro atoms. The Bertz CT molecular complexity index is 583. The highest BCUT2D eigenvalue weighted by Gasteiger charge is 2.14. The van der Waals surface area contributed by atoms with Gasteiger partial charge in [-0.2, -0.15) is 0 Å². The molecule has 6 nitrogen and oxygen atoms in total. The maximum Gasteiger partial charge on any atom is 0.278 e. The van der Waals surface area contributed by atoms with E-state index < -0.39 is 4.92 Å². The lowest BCUT2D eigenvalue weighted by atomic mass is 10.1. The maximum absolute atomic E-state index is 10.9. The summed E-state index contributed by atoms with van der Waals surface area (Å²) in [5.41, 5.74) is 5.38. The molecular formula is C12H15N4O2+. The smallest absolute Gasteiger partial charge is 0.278 e. The monoisotopic (exact) mass is 247 g/mol. The SMILES string of the molecule is C[C@H]([NH3+])CNc1ccc([N+](=O)[O-])c2cccnc12. The van der Waals surface area contributed by atoms with E-state index in [9.17, 15) is 10.1 Å². The highest BCUT2D eigenvalue weighted by atomic mass is 16.6. The number of nitro groups is 1. The molecular weight excluding hydrogens is 232 g/mol. The molecule has 0 radical (unpaired) electrons. The molecule has 94 valence electrons. The molecule has 0 aliphatic carbocycles. The summed E-state index contributed by atoms with van der Waals surface area (Å²) in [5, 5.41) is 14.7. The van der Waals surface area contributed by atoms with Gasteiger partial charge >= 0.3 is 0 Å². The fourth-order valence-corrected chi connectivity index (χ4v) is 1.74. The number of quaternary nitrogens is 1. The molecule has 1 aromatic heterocycles. The average molecular weight is 247 g/mol. The molecule has 0 saturated heterocycles. The zero-order valence-corrected chi connectivity index (χ0v) is 10.1. The van der Waals surface area contributed by atoms with Crippen LogP contribution in [0.2, 0.25) is 0 Å². The van der Waals surface area contributed by atoms with Gasteiger partial charge < -0.3 is 11.1 Å². The Morgan fingerprint density at radius 1 is 1.50 bits per heavy atom. The number of nitrogens with zero attached hydrogens (tertiary/aromatic N) is 2. The van der Waals surface area contributed by atoms with E-state index in [1.807, 2.05) is 6.92 Å². The molecule has 4 N–H and O–H groups in total. The number of nitrogens with one attached hydrogen (secondary N) is 1. The van der Waals surface area contributed by atoms with Gasteiger partial charge in [0.2, 0.25) is 0 Å². The summed E-state index contributed by atoms with van der Waals surface area (Å²) < 4.78 is 0. The maximum atomic E-state index is 10.9. The van der Waals surface area contributed by atoms with Crippen molar-refractivity contribution in [1.82, 2.24) is 4.98 Å². The molecule has 2 rings (SSSR count). The Morgan fingerprint density at radius 2 is 2.28 bits per heavy atom. The first-order chi connectivity index (χ1) is 8.59. The van der Waals surface area contributed by atoms with E-state index in [0.717, 1.165) is 5.69 Å². The van der Waals surface area contributed by atoms with Gasteiger partial charge in [-0.05, 0) is 25.1 Å². The molecule has 2 aromatic rings. The fraction of sp³-hybridized carbons (Fsp3) is 0.250. The van der Waals surface area contributed by atoms with Crippen LogP contribution in [-0.4, -0.2) is 22.5 Å². The zero-order chi connectivity index (χ0) is 13.1. The Balaban J connectivity index is 2.50. The first-order valence-electron chi connectivity index (χ1n) is 5.68. The van der Waals surface area contributed by atoms with Crippen molar-refractivity contribution in [1.29, 1.82) is 0 Å². The summed E-state index contributed by atoms with van der Waals surface area (Å²) in [4.78, 5) is 14.8. The standard InChI is InChI=1S/C12H14N4O2/c1-8(13)7-15-10-4-5-11(16(17)18)9-3-2-6-14-12(9)10/h2-6,8,15H,7,13H2,1H3/p+1/t8-/m0/s1. The molecule has 0 aliphatic heterocycles. The first kappa shape index (κ1) is 12.3. The van der Waals surface area contributed by atoms with Crippen molar-refractivity contribution in [3.05, 3.63) is 40.6 Å². The summed E-state index contributed by atoms with van der Waals surface area (Å²) in [6, 6.07) is 6.84. The second-order valence-corrected chi connectivity index (χ2v) is 4.28. The van der Waals surface area contributed by atoms with Gasteiger partial charge in [0.15, 0.2) is 0 Å². The number of nitro benzene ring substituents is 1. The Kier molecular flexibility index (Phi) is 3.38. The van der Waals surface area contributed by atoms with Crippen LogP contribution in [0.15, 0.2) is 30.5 Å². The van der Waals surface area contributed by atoms with Crippen molar-refractivity contribution < 1.29 is 10.7 Å². The summed E-state index contributed by atoms with van der Waals surface area (Å²) >= 11 is 0. The van der Waals surface area contributed by atoms with Gasteiger partial charge in [-0.1, -0.05) is 0 Å². The molecule has 18 heavy (non-hydrogen) atoms. The van der Waals surface area contributed by atoms with E-state index in [0.29, 0.717) is 17.4 Å². The molecule has 1 atom stereocenters. The fourth-order valence-electron chi connectivity index (χ4n) is 1.74. The van der Waals surface area contributed by atoms with E-state index in [1.165, 1.54) is 6.07 Å². The predicted octanol–water partition coefficient (Wildman–Crippen LogP) is 1.19. The molecule has 1 heterocycles. The number of aromatic nitrogens is 1. The minimum absolute atomic E-state index is 0.0753. The molecule has 0 fully saturated rings. The average Bonchev–Trinajstić information content (AvgIpc) is 2.35. The van der Waals surface area contributed by atoms with E-state index >= 15 is 0 Å². The number of hydrogen-bond acceptors (Lipinski definition) is 4. The van der Waals surface area contributed by atoms with Crippen LogP contribution in [0.25, 0.3) is 10.9 Å². The largest absolute Gasteiger partial charge is 0.377 e. The number of pyridine rings is 1. The van der Waals surface area contributed by atoms with E-state index in [4.69, 9.17) is 0 Å². The second-order valence-electron chi connectivity index (χ2n) is 4.28. The Morgan fingerprint density at radius 3 is 2.94 bits per heavy atom. The van der Waals surface area contributed by atoms with Gasteiger partial charge in [-0.25, -0.2) is 0 Å². The quantitative estimate of drug-likeness (QED) is 0.626. The predicted molar refractivity (Wildman–Crippen MR) is 69.2 cm³/mol. The summed E-state index contributed by atoms with van der Waals surface area (Å²) in [6.07, 6.45) is 1.63. The Hall–Kier alpha value is -2.21. The second kappa shape index (κ2) is 4.97. The summed E-state index contributed by atoms with van der Waals surface area (Å²) in [6.45, 7) is 2.69. The number of fused-ring (bicyclic) bond motifs is 1. The number of non-ortho nitro benzene ring substituents is 1. The minimum Gasteiger partial charge on any atom is -0.377 e. The lowest BCUT2D eigenvalue weighted by molar-refractivity contribution is -0.409. The third-order valence-electron chi connectivity index (χ3n) is 2.58. The van der Waals surface area contributed by atoms with Crippen molar-refractivity contribution in [3.8, 4) is 0 Å². The van der Waals surface area contributed by atoms with Gasteiger partial charge in [0.05, 0.1) is 28.6 Å². The van der Waals surface area contributed by atoms with Crippen LogP contribution < -0.4 is 11.1 Å². The van der Waals surface area contributed by atoms with E-state index in [-0.39, 0.29) is 11.7 Å². The van der Waals surface area contributed by atoms with E-state index in [1.54, 1.807) is 24.4 Å². The van der Waals surface area contributed by atoms with Crippen LogP contribution in [0, 0.1) is 10.1 Å². The van der Waals surface area contributed by atoms with Crippen molar-refractivity contribution in [3.63, 3.8) is 0 Å². The van der Waals surface area contributed by atoms with Gasteiger partial charge in [0.1, 0.15) is 5.52 Å². The first-order valence-corrected chi connectivity index (χ1v) is 5.68. The third kappa shape index (κ3) is 2.38. The molecule has 0 unspecified atom stereocenters. The highest BCUT2D eigenvalue weighted by Crippen LogP contribution is 2.29. The van der Waals surface area contributed by atoms with Crippen LogP contribution in [0.5, 0.6) is 0 Å². The normalized spacial score (nSPS) is 12.3. The summed E-state index contributed by atoms with van der Waals surface area (Å²) in [5.74, 6) is 0. The van der Waals surface area contributed by atoms with Crippen LogP contribution in [0.3, 0.4) is 0 Å².